The summed E-state index contributed by atoms with van der Waals surface area (Å²) in [5.74, 6) is 0. The molecule has 0 atom stereocenters. The first-order valence-corrected chi connectivity index (χ1v) is 13.9. The Morgan fingerprint density at radius 3 is 0.725 bits per heavy atom. The van der Waals surface area contributed by atoms with Crippen molar-refractivity contribution in [3.8, 4) is 0 Å². The van der Waals surface area contributed by atoms with Crippen LogP contribution in [0.1, 0.15) is 44.5 Å². The van der Waals surface area contributed by atoms with E-state index in [4.69, 9.17) is 0 Å². The van der Waals surface area contributed by atoms with Crippen molar-refractivity contribution >= 4 is 24.3 Å². The zero-order chi connectivity index (χ0) is 28.2. The normalized spacial score (nSPS) is 10.9. The highest BCUT2D eigenvalue weighted by Crippen LogP contribution is 2.17. The molecule has 0 heterocycles. The van der Waals surface area contributed by atoms with Crippen LogP contribution in [-0.2, 0) is 26.2 Å². The Balaban J connectivity index is 1.53. The minimum absolute atomic E-state index is 0.885. The van der Waals surface area contributed by atoms with Gasteiger partial charge in [-0.15, -0.1) is 0 Å². The van der Waals surface area contributed by atoms with Gasteiger partial charge in [-0.25, -0.2) is 0 Å². The zero-order valence-corrected chi connectivity index (χ0v) is 23.5. The molecule has 40 heavy (non-hydrogen) atoms. The van der Waals surface area contributed by atoms with Crippen molar-refractivity contribution in [1.29, 1.82) is 0 Å². The van der Waals surface area contributed by atoms with E-state index in [9.17, 15) is 0 Å². The highest BCUT2D eigenvalue weighted by molar-refractivity contribution is 5.49. The van der Waals surface area contributed by atoms with Crippen molar-refractivity contribution in [2.24, 2.45) is 0 Å². The molecular weight excluding hydrogens is 484 g/mol. The number of benzene rings is 4. The maximum absolute atomic E-state index is 3.90. The van der Waals surface area contributed by atoms with Crippen LogP contribution in [0.3, 0.4) is 0 Å². The van der Waals surface area contributed by atoms with E-state index in [1.807, 2.05) is 24.3 Å². The quantitative estimate of drug-likeness (QED) is 0.153. The molecule has 0 fully saturated rings. The molecule has 0 amide bonds. The fourth-order valence-corrected chi connectivity index (χ4v) is 4.78. The fraction of sp³-hybridized carbons (Fsp3) is 0.158. The van der Waals surface area contributed by atoms with Crippen molar-refractivity contribution < 1.29 is 0 Å². The molecule has 0 aliphatic rings. The smallest absolute Gasteiger partial charge is 0.0237 e. The van der Waals surface area contributed by atoms with Crippen LogP contribution >= 0.6 is 0 Å². The molecule has 0 aliphatic carbocycles. The summed E-state index contributed by atoms with van der Waals surface area (Å²) >= 11 is 0. The third-order valence-electron chi connectivity index (χ3n) is 7.22. The molecule has 0 bridgehead atoms. The van der Waals surface area contributed by atoms with Gasteiger partial charge in [0, 0.05) is 39.3 Å². The van der Waals surface area contributed by atoms with Gasteiger partial charge in [-0.1, -0.05) is 148 Å². The summed E-state index contributed by atoms with van der Waals surface area (Å²) in [5, 5.41) is 0. The van der Waals surface area contributed by atoms with Gasteiger partial charge in [-0.05, 0) is 44.5 Å². The van der Waals surface area contributed by atoms with Crippen LogP contribution < -0.4 is 0 Å². The van der Waals surface area contributed by atoms with Gasteiger partial charge in [0.15, 0.2) is 0 Å². The summed E-state index contributed by atoms with van der Waals surface area (Å²) in [5.41, 5.74) is 9.80. The van der Waals surface area contributed by atoms with E-state index < -0.39 is 0 Å². The molecule has 4 rings (SSSR count). The van der Waals surface area contributed by atoms with E-state index in [1.165, 1.54) is 22.3 Å². The molecule has 0 N–H and O–H groups in total. The largest absolute Gasteiger partial charge is 0.294 e. The Hall–Kier alpha value is -4.24. The first-order chi connectivity index (χ1) is 19.6. The number of hydrogen-bond acceptors (Lipinski definition) is 2. The first kappa shape index (κ1) is 28.8. The van der Waals surface area contributed by atoms with Crippen LogP contribution in [-0.4, -0.2) is 22.9 Å². The Morgan fingerprint density at radius 2 is 0.550 bits per heavy atom. The van der Waals surface area contributed by atoms with Gasteiger partial charge in [0.05, 0.1) is 0 Å². The number of rotatable bonds is 15. The van der Waals surface area contributed by atoms with Crippen molar-refractivity contribution in [1.82, 2.24) is 9.80 Å². The summed E-state index contributed by atoms with van der Waals surface area (Å²) in [6, 6.07) is 34.9. The standard InChI is InChI=1S/C38H40N2/c1-5-31-9-17-35(18-10-31)27-39(28-36-19-11-32(6-2)12-20-36)25-26-40(29-37-21-13-33(7-3)14-22-37)30-38-23-15-34(8-4)16-24-38/h5-24H,1-4,25-30H2. The molecule has 0 unspecified atom stereocenters. The van der Waals surface area contributed by atoms with Gasteiger partial charge in [-0.3, -0.25) is 9.80 Å². The van der Waals surface area contributed by atoms with Gasteiger partial charge < -0.3 is 0 Å². The van der Waals surface area contributed by atoms with E-state index in [-0.39, 0.29) is 0 Å². The molecule has 0 spiro atoms. The fourth-order valence-electron chi connectivity index (χ4n) is 4.78. The third kappa shape index (κ3) is 8.64. The lowest BCUT2D eigenvalue weighted by atomic mass is 10.1. The maximum Gasteiger partial charge on any atom is 0.0237 e. The number of nitrogens with zero attached hydrogens (tertiary/aromatic N) is 2. The predicted octanol–water partition coefficient (Wildman–Crippen LogP) is 8.96. The SMILES string of the molecule is C=Cc1ccc(CN(CCN(Cc2ccc(C=C)cc2)Cc2ccc(C=C)cc2)Cc2ccc(C=C)cc2)cc1. The van der Waals surface area contributed by atoms with Crippen molar-refractivity contribution in [3.63, 3.8) is 0 Å². The van der Waals surface area contributed by atoms with Gasteiger partial charge >= 0.3 is 0 Å². The van der Waals surface area contributed by atoms with Crippen molar-refractivity contribution in [2.75, 3.05) is 13.1 Å². The molecule has 0 saturated carbocycles. The van der Waals surface area contributed by atoms with Gasteiger partial charge in [-0.2, -0.15) is 0 Å². The first-order valence-electron chi connectivity index (χ1n) is 13.9. The molecule has 0 saturated heterocycles. The van der Waals surface area contributed by atoms with Crippen molar-refractivity contribution in [3.05, 3.63) is 168 Å². The second-order valence-corrected chi connectivity index (χ2v) is 10.2. The molecule has 0 aliphatic heterocycles. The number of hydrogen-bond donors (Lipinski definition) is 0. The molecule has 0 radical (unpaired) electrons. The van der Waals surface area contributed by atoms with Crippen molar-refractivity contribution in [2.45, 2.75) is 26.2 Å². The molecule has 202 valence electrons. The lowest BCUT2D eigenvalue weighted by molar-refractivity contribution is 0.183. The summed E-state index contributed by atoms with van der Waals surface area (Å²) < 4.78 is 0. The van der Waals surface area contributed by atoms with Crippen LogP contribution in [0.2, 0.25) is 0 Å². The van der Waals surface area contributed by atoms with E-state index >= 15 is 0 Å². The van der Waals surface area contributed by atoms with Crippen LogP contribution in [0.5, 0.6) is 0 Å². The van der Waals surface area contributed by atoms with Crippen LogP contribution in [0.15, 0.2) is 123 Å². The Bertz CT molecular complexity index is 1160. The molecule has 2 heteroatoms. The second-order valence-electron chi connectivity index (χ2n) is 10.2. The summed E-state index contributed by atoms with van der Waals surface area (Å²) in [7, 11) is 0. The molecule has 4 aromatic rings. The average Bonchev–Trinajstić information content (AvgIpc) is 3.01. The summed E-state index contributed by atoms with van der Waals surface area (Å²) in [6.45, 7) is 21.0. The Morgan fingerprint density at radius 1 is 0.350 bits per heavy atom. The monoisotopic (exact) mass is 524 g/mol. The van der Waals surface area contributed by atoms with E-state index in [2.05, 4.69) is 133 Å². The summed E-state index contributed by atoms with van der Waals surface area (Å²) in [4.78, 5) is 5.08. The Kier molecular flexibility index (Phi) is 10.6. The van der Waals surface area contributed by atoms with E-state index in [0.717, 1.165) is 61.5 Å². The third-order valence-corrected chi connectivity index (χ3v) is 7.22. The lowest BCUT2D eigenvalue weighted by Crippen LogP contribution is -2.34. The van der Waals surface area contributed by atoms with Gasteiger partial charge in [0.1, 0.15) is 0 Å². The van der Waals surface area contributed by atoms with E-state index in [1.54, 1.807) is 0 Å². The van der Waals surface area contributed by atoms with Crippen LogP contribution in [0, 0.1) is 0 Å². The topological polar surface area (TPSA) is 6.48 Å². The van der Waals surface area contributed by atoms with Crippen LogP contribution in [0.25, 0.3) is 24.3 Å². The molecule has 4 aromatic carbocycles. The zero-order valence-electron chi connectivity index (χ0n) is 23.5. The maximum atomic E-state index is 3.90. The Labute approximate surface area is 240 Å². The minimum atomic E-state index is 0.885. The highest BCUT2D eigenvalue weighted by atomic mass is 15.2. The summed E-state index contributed by atoms with van der Waals surface area (Å²) in [6.07, 6.45) is 7.57. The molecule has 0 aromatic heterocycles. The van der Waals surface area contributed by atoms with E-state index in [0.29, 0.717) is 0 Å². The highest BCUT2D eigenvalue weighted by Gasteiger charge is 2.13. The second kappa shape index (κ2) is 14.8. The van der Waals surface area contributed by atoms with Gasteiger partial charge in [0.2, 0.25) is 0 Å². The lowest BCUT2D eigenvalue weighted by Gasteiger charge is -2.28. The predicted molar refractivity (Wildman–Crippen MR) is 174 cm³/mol. The molecular formula is C38H40N2. The minimum Gasteiger partial charge on any atom is -0.294 e. The molecule has 2 nitrogen and oxygen atoms in total. The van der Waals surface area contributed by atoms with Gasteiger partial charge in [0.25, 0.3) is 0 Å². The average molecular weight is 525 g/mol. The van der Waals surface area contributed by atoms with Crippen LogP contribution in [0.4, 0.5) is 0 Å².